The minimum atomic E-state index is -1.14. The summed E-state index contributed by atoms with van der Waals surface area (Å²) >= 11 is 0. The number of nitrogens with two attached hydrogens (primary N) is 1. The van der Waals surface area contributed by atoms with Gasteiger partial charge >= 0.3 is 5.97 Å². The Morgan fingerprint density at radius 1 is 1.29 bits per heavy atom. The van der Waals surface area contributed by atoms with Gasteiger partial charge in [-0.3, -0.25) is 9.59 Å². The van der Waals surface area contributed by atoms with Crippen molar-refractivity contribution < 1.29 is 19.5 Å². The van der Waals surface area contributed by atoms with Crippen molar-refractivity contribution in [3.05, 3.63) is 0 Å². The number of fused-ring (bicyclic) bond motifs is 1. The molecule has 118 valence electrons. The second-order valence-electron chi connectivity index (χ2n) is 6.01. The van der Waals surface area contributed by atoms with Crippen LogP contribution < -0.4 is 16.4 Å². The van der Waals surface area contributed by atoms with E-state index in [-0.39, 0.29) is 24.8 Å². The Hall–Kier alpha value is -1.63. The second-order valence-corrected chi connectivity index (χ2v) is 6.01. The molecule has 1 heterocycles. The van der Waals surface area contributed by atoms with E-state index in [4.69, 9.17) is 10.8 Å². The van der Waals surface area contributed by atoms with E-state index in [0.29, 0.717) is 12.0 Å². The number of hydrogen-bond acceptors (Lipinski definition) is 4. The van der Waals surface area contributed by atoms with Crippen molar-refractivity contribution in [3.63, 3.8) is 0 Å². The summed E-state index contributed by atoms with van der Waals surface area (Å²) in [6.07, 6.45) is 5.33. The Balaban J connectivity index is 1.87. The van der Waals surface area contributed by atoms with Crippen LogP contribution in [-0.4, -0.2) is 41.0 Å². The monoisotopic (exact) mass is 297 g/mol. The fraction of sp³-hybridized carbons (Fsp3) is 0.786. The predicted octanol–water partition coefficient (Wildman–Crippen LogP) is -0.258. The average molecular weight is 297 g/mol. The lowest BCUT2D eigenvalue weighted by molar-refractivity contribution is -0.142. The number of primary amides is 1. The lowest BCUT2D eigenvalue weighted by atomic mass is 9.85. The number of carbonyl (C=O) groups is 3. The predicted molar refractivity (Wildman–Crippen MR) is 75.3 cm³/mol. The first-order chi connectivity index (χ1) is 9.97. The van der Waals surface area contributed by atoms with Crippen LogP contribution in [0, 0.1) is 5.92 Å². The molecule has 3 unspecified atom stereocenters. The van der Waals surface area contributed by atoms with Crippen LogP contribution in [-0.2, 0) is 14.4 Å². The number of carboxylic acid groups (broad SMARTS) is 1. The highest BCUT2D eigenvalue weighted by atomic mass is 16.4. The number of nitrogens with one attached hydrogen (secondary N) is 2. The number of carbonyl (C=O) groups excluding carboxylic acids is 2. The summed E-state index contributed by atoms with van der Waals surface area (Å²) in [5.41, 5.74) is 5.02. The number of carboxylic acids is 1. The van der Waals surface area contributed by atoms with Crippen molar-refractivity contribution in [1.29, 1.82) is 0 Å². The molecule has 7 nitrogen and oxygen atoms in total. The molecule has 0 radical (unpaired) electrons. The van der Waals surface area contributed by atoms with Gasteiger partial charge in [0.05, 0.1) is 6.04 Å². The van der Waals surface area contributed by atoms with Crippen LogP contribution in [0.3, 0.4) is 0 Å². The lowest BCUT2D eigenvalue weighted by Gasteiger charge is -2.24. The number of rotatable bonds is 6. The number of amides is 2. The molecule has 2 rings (SSSR count). The highest BCUT2D eigenvalue weighted by Crippen LogP contribution is 2.33. The van der Waals surface area contributed by atoms with Crippen molar-refractivity contribution in [2.24, 2.45) is 11.7 Å². The first-order valence-corrected chi connectivity index (χ1v) is 7.55. The summed E-state index contributed by atoms with van der Waals surface area (Å²) in [4.78, 5) is 34.1. The van der Waals surface area contributed by atoms with Crippen molar-refractivity contribution in [1.82, 2.24) is 10.6 Å². The van der Waals surface area contributed by atoms with Gasteiger partial charge in [-0.25, -0.2) is 4.79 Å². The summed E-state index contributed by atoms with van der Waals surface area (Å²) in [6.45, 7) is 0. The van der Waals surface area contributed by atoms with Crippen molar-refractivity contribution in [2.45, 2.75) is 63.1 Å². The normalized spacial score (nSPS) is 29.4. The Morgan fingerprint density at radius 3 is 2.62 bits per heavy atom. The minimum Gasteiger partial charge on any atom is -0.480 e. The molecule has 7 heteroatoms. The van der Waals surface area contributed by atoms with Crippen LogP contribution in [0.2, 0.25) is 0 Å². The molecule has 5 N–H and O–H groups in total. The van der Waals surface area contributed by atoms with Gasteiger partial charge in [0.15, 0.2) is 0 Å². The summed E-state index contributed by atoms with van der Waals surface area (Å²) in [5.74, 6) is -1.48. The highest BCUT2D eigenvalue weighted by molar-refractivity contribution is 5.87. The van der Waals surface area contributed by atoms with Crippen molar-refractivity contribution >= 4 is 17.8 Å². The fourth-order valence-electron chi connectivity index (χ4n) is 3.34. The van der Waals surface area contributed by atoms with E-state index in [1.54, 1.807) is 0 Å². The van der Waals surface area contributed by atoms with Gasteiger partial charge in [0, 0.05) is 12.5 Å². The molecule has 2 fully saturated rings. The van der Waals surface area contributed by atoms with Gasteiger partial charge in [0.2, 0.25) is 11.8 Å². The molecular weight excluding hydrogens is 274 g/mol. The molecule has 0 spiro atoms. The third-order valence-electron chi connectivity index (χ3n) is 4.47. The largest absolute Gasteiger partial charge is 0.480 e. The van der Waals surface area contributed by atoms with E-state index >= 15 is 0 Å². The average Bonchev–Trinajstić information content (AvgIpc) is 2.86. The van der Waals surface area contributed by atoms with E-state index in [0.717, 1.165) is 19.3 Å². The summed E-state index contributed by atoms with van der Waals surface area (Å²) in [6, 6.07) is -1.01. The first-order valence-electron chi connectivity index (χ1n) is 7.55. The molecule has 2 amide bonds. The second kappa shape index (κ2) is 6.89. The standard InChI is InChI=1S/C14H23N3O4/c15-12(18)6-5-10(14(20)21)17-13(19)11-7-8-3-1-2-4-9(8)16-11/h8-11,16H,1-7H2,(H2,15,18)(H,17,19)(H,20,21)/t8?,9?,10-,11?/m1/s1. The Bertz CT molecular complexity index is 412. The summed E-state index contributed by atoms with van der Waals surface area (Å²) < 4.78 is 0. The van der Waals surface area contributed by atoms with Crippen LogP contribution in [0.15, 0.2) is 0 Å². The van der Waals surface area contributed by atoms with E-state index in [9.17, 15) is 14.4 Å². The van der Waals surface area contributed by atoms with Crippen molar-refractivity contribution in [2.75, 3.05) is 0 Å². The number of aliphatic carboxylic acids is 1. The SMILES string of the molecule is NC(=O)CC[C@@H](NC(=O)C1CC2CCCCC2N1)C(=O)O. The quantitative estimate of drug-likeness (QED) is 0.538. The van der Waals surface area contributed by atoms with Gasteiger partial charge in [-0.2, -0.15) is 0 Å². The summed E-state index contributed by atoms with van der Waals surface area (Å²) in [7, 11) is 0. The molecule has 2 aliphatic rings. The Kier molecular flexibility index (Phi) is 5.17. The van der Waals surface area contributed by atoms with Gasteiger partial charge in [-0.15, -0.1) is 0 Å². The van der Waals surface area contributed by atoms with Gasteiger partial charge in [0.25, 0.3) is 0 Å². The van der Waals surface area contributed by atoms with Crippen LogP contribution in [0.1, 0.15) is 44.9 Å². The third kappa shape index (κ3) is 4.17. The maximum absolute atomic E-state index is 12.2. The number of hydrogen-bond donors (Lipinski definition) is 4. The molecule has 0 aromatic rings. The van der Waals surface area contributed by atoms with E-state index in [2.05, 4.69) is 10.6 Å². The van der Waals surface area contributed by atoms with Gasteiger partial charge in [-0.05, 0) is 31.6 Å². The first kappa shape index (κ1) is 15.8. The molecule has 0 bridgehead atoms. The molecule has 1 saturated heterocycles. The van der Waals surface area contributed by atoms with Gasteiger partial charge in [0.1, 0.15) is 6.04 Å². The van der Waals surface area contributed by atoms with E-state index in [1.807, 2.05) is 0 Å². The molecule has 4 atom stereocenters. The maximum atomic E-state index is 12.2. The van der Waals surface area contributed by atoms with Crippen LogP contribution >= 0.6 is 0 Å². The Labute approximate surface area is 123 Å². The zero-order valence-electron chi connectivity index (χ0n) is 12.0. The summed E-state index contributed by atoms with van der Waals surface area (Å²) in [5, 5.41) is 14.9. The molecular formula is C14H23N3O4. The lowest BCUT2D eigenvalue weighted by Crippen LogP contribution is -2.49. The minimum absolute atomic E-state index is 0.0238. The zero-order valence-corrected chi connectivity index (χ0v) is 12.0. The van der Waals surface area contributed by atoms with Crippen molar-refractivity contribution in [3.8, 4) is 0 Å². The fourth-order valence-corrected chi connectivity index (χ4v) is 3.34. The molecule has 1 aliphatic carbocycles. The third-order valence-corrected chi connectivity index (χ3v) is 4.47. The van der Waals surface area contributed by atoms with E-state index < -0.39 is 17.9 Å². The topological polar surface area (TPSA) is 122 Å². The molecule has 1 aliphatic heterocycles. The van der Waals surface area contributed by atoms with Crippen LogP contribution in [0.5, 0.6) is 0 Å². The van der Waals surface area contributed by atoms with Gasteiger partial charge in [-0.1, -0.05) is 12.8 Å². The molecule has 0 aromatic carbocycles. The Morgan fingerprint density at radius 2 is 2.00 bits per heavy atom. The smallest absolute Gasteiger partial charge is 0.326 e. The highest BCUT2D eigenvalue weighted by Gasteiger charge is 2.39. The van der Waals surface area contributed by atoms with Gasteiger partial charge < -0.3 is 21.5 Å². The van der Waals surface area contributed by atoms with Crippen LogP contribution in [0.4, 0.5) is 0 Å². The van der Waals surface area contributed by atoms with Crippen LogP contribution in [0.25, 0.3) is 0 Å². The van der Waals surface area contributed by atoms with E-state index in [1.165, 1.54) is 12.8 Å². The molecule has 21 heavy (non-hydrogen) atoms. The molecule has 1 saturated carbocycles. The maximum Gasteiger partial charge on any atom is 0.326 e. The molecule has 0 aromatic heterocycles. The zero-order chi connectivity index (χ0) is 15.4.